The molecule has 0 aromatic heterocycles. The van der Waals surface area contributed by atoms with Crippen LogP contribution in [0, 0.1) is 0 Å². The van der Waals surface area contributed by atoms with E-state index in [2.05, 4.69) is 24.4 Å². The molecule has 0 aliphatic heterocycles. The smallest absolute Gasteiger partial charge is 0.303 e. The highest BCUT2D eigenvalue weighted by molar-refractivity contribution is 6.04. The molecule has 2 aromatic rings. The maximum absolute atomic E-state index is 12.5. The minimum absolute atomic E-state index is 0.0496. The molecule has 0 heterocycles. The van der Waals surface area contributed by atoms with Crippen molar-refractivity contribution in [3.8, 4) is 5.75 Å². The van der Waals surface area contributed by atoms with Crippen LogP contribution in [0.2, 0.25) is 0 Å². The molecule has 2 rings (SSSR count). The maximum atomic E-state index is 12.5. The number of carboxylic acid groups (broad SMARTS) is 1. The number of para-hydroxylation sites is 2. The van der Waals surface area contributed by atoms with Crippen LogP contribution < -0.4 is 10.1 Å². The molecule has 0 spiro atoms. The summed E-state index contributed by atoms with van der Waals surface area (Å²) in [6.45, 7) is 4.40. The lowest BCUT2D eigenvalue weighted by Gasteiger charge is -2.12. The van der Waals surface area contributed by atoms with E-state index in [1.165, 1.54) is 24.8 Å². The number of benzene rings is 2. The van der Waals surface area contributed by atoms with Crippen molar-refractivity contribution < 1.29 is 19.4 Å². The molecule has 0 unspecified atom stereocenters. The van der Waals surface area contributed by atoms with Crippen LogP contribution in [0.15, 0.2) is 54.6 Å². The molecule has 0 aliphatic carbocycles. The zero-order valence-corrected chi connectivity index (χ0v) is 17.8. The lowest BCUT2D eigenvalue weighted by atomic mass is 10.0. The van der Waals surface area contributed by atoms with Gasteiger partial charge < -0.3 is 15.2 Å². The van der Waals surface area contributed by atoms with E-state index in [1.807, 2.05) is 31.2 Å². The topological polar surface area (TPSA) is 75.6 Å². The lowest BCUT2D eigenvalue weighted by molar-refractivity contribution is -0.137. The number of aliphatic carboxylic acids is 1. The Morgan fingerprint density at radius 1 is 1.07 bits per heavy atom. The van der Waals surface area contributed by atoms with E-state index in [0.717, 1.165) is 17.6 Å². The summed E-state index contributed by atoms with van der Waals surface area (Å²) < 4.78 is 5.64. The molecule has 1 amide bonds. The minimum atomic E-state index is -0.852. The van der Waals surface area contributed by atoms with Crippen molar-refractivity contribution in [2.45, 2.75) is 52.4 Å². The van der Waals surface area contributed by atoms with Crippen molar-refractivity contribution in [3.05, 3.63) is 65.7 Å². The van der Waals surface area contributed by atoms with E-state index in [9.17, 15) is 9.59 Å². The highest BCUT2D eigenvalue weighted by Crippen LogP contribution is 2.24. The third kappa shape index (κ3) is 8.11. The molecule has 0 aliphatic rings. The number of carboxylic acids is 1. The number of rotatable bonds is 12. The molecular formula is C25H31NO4. The van der Waals surface area contributed by atoms with Gasteiger partial charge in [-0.05, 0) is 55.0 Å². The number of amides is 1. The lowest BCUT2D eigenvalue weighted by Crippen LogP contribution is -2.11. The van der Waals surface area contributed by atoms with Crippen LogP contribution in [0.4, 0.5) is 5.69 Å². The Kier molecular flexibility index (Phi) is 9.65. The molecule has 0 bridgehead atoms. The van der Waals surface area contributed by atoms with Crippen molar-refractivity contribution in [2.75, 3.05) is 11.9 Å². The number of hydrogen-bond acceptors (Lipinski definition) is 3. The summed E-state index contributed by atoms with van der Waals surface area (Å²) >= 11 is 0. The average Bonchev–Trinajstić information content (AvgIpc) is 2.72. The van der Waals surface area contributed by atoms with Crippen LogP contribution in [-0.4, -0.2) is 23.6 Å². The molecule has 5 heteroatoms. The van der Waals surface area contributed by atoms with Gasteiger partial charge in [0.1, 0.15) is 5.75 Å². The van der Waals surface area contributed by atoms with Gasteiger partial charge in [-0.1, -0.05) is 56.2 Å². The molecule has 5 nitrogen and oxygen atoms in total. The summed E-state index contributed by atoms with van der Waals surface area (Å²) in [5, 5.41) is 11.6. The number of nitrogens with one attached hydrogen (secondary N) is 1. The number of anilines is 1. The number of hydrogen-bond donors (Lipinski definition) is 2. The molecule has 0 atom stereocenters. The zero-order valence-electron chi connectivity index (χ0n) is 17.8. The van der Waals surface area contributed by atoms with Crippen molar-refractivity contribution in [2.24, 2.45) is 0 Å². The summed E-state index contributed by atoms with van der Waals surface area (Å²) in [6, 6.07) is 15.5. The van der Waals surface area contributed by atoms with E-state index >= 15 is 0 Å². The highest BCUT2D eigenvalue weighted by atomic mass is 16.5. The Labute approximate surface area is 178 Å². The van der Waals surface area contributed by atoms with Crippen LogP contribution in [0.25, 0.3) is 5.57 Å². The summed E-state index contributed by atoms with van der Waals surface area (Å²) in [7, 11) is 0. The van der Waals surface area contributed by atoms with E-state index < -0.39 is 5.97 Å². The fourth-order valence-electron chi connectivity index (χ4n) is 3.10. The Morgan fingerprint density at radius 2 is 1.87 bits per heavy atom. The third-order valence-electron chi connectivity index (χ3n) is 4.74. The fraction of sp³-hybridized carbons (Fsp3) is 0.360. The number of unbranched alkanes of at least 4 members (excludes halogenated alkanes) is 2. The van der Waals surface area contributed by atoms with E-state index in [1.54, 1.807) is 18.2 Å². The summed E-state index contributed by atoms with van der Waals surface area (Å²) in [5.41, 5.74) is 3.78. The first kappa shape index (κ1) is 23.2. The van der Waals surface area contributed by atoms with Gasteiger partial charge in [0, 0.05) is 12.5 Å². The van der Waals surface area contributed by atoms with Gasteiger partial charge in [0.05, 0.1) is 12.3 Å². The summed E-state index contributed by atoms with van der Waals surface area (Å²) in [5.74, 6) is -0.555. The van der Waals surface area contributed by atoms with Crippen LogP contribution >= 0.6 is 0 Å². The van der Waals surface area contributed by atoms with Crippen molar-refractivity contribution in [1.29, 1.82) is 0 Å². The minimum Gasteiger partial charge on any atom is -0.491 e. The second kappa shape index (κ2) is 12.5. The SMILES string of the molecule is CCCCCc1cccc(C(C)=CC(=O)Nc2ccccc2OCCCC(=O)O)c1. The predicted octanol–water partition coefficient (Wildman–Crippen LogP) is 5.70. The number of aryl methyl sites for hydroxylation is 1. The van der Waals surface area contributed by atoms with Gasteiger partial charge in [0.25, 0.3) is 0 Å². The highest BCUT2D eigenvalue weighted by Gasteiger charge is 2.08. The van der Waals surface area contributed by atoms with Crippen LogP contribution in [0.3, 0.4) is 0 Å². The van der Waals surface area contributed by atoms with Crippen LogP contribution in [0.1, 0.15) is 57.1 Å². The standard InChI is InChI=1S/C25H31NO4/c1-3-4-5-10-20-11-8-12-21(18-20)19(2)17-24(27)26-22-13-6-7-14-23(22)30-16-9-15-25(28)29/h6-8,11-14,17-18H,3-5,9-10,15-16H2,1-2H3,(H,26,27)(H,28,29). The molecular weight excluding hydrogens is 378 g/mol. The third-order valence-corrected chi connectivity index (χ3v) is 4.74. The number of allylic oxidation sites excluding steroid dienone is 1. The predicted molar refractivity (Wildman–Crippen MR) is 121 cm³/mol. The van der Waals surface area contributed by atoms with Crippen molar-refractivity contribution in [1.82, 2.24) is 0 Å². The van der Waals surface area contributed by atoms with Gasteiger partial charge in [-0.15, -0.1) is 0 Å². The molecule has 0 saturated heterocycles. The van der Waals surface area contributed by atoms with Gasteiger partial charge in [0.2, 0.25) is 5.91 Å². The first-order chi connectivity index (χ1) is 14.5. The molecule has 0 saturated carbocycles. The number of carbonyl (C=O) groups is 2. The van der Waals surface area contributed by atoms with E-state index in [0.29, 0.717) is 17.9 Å². The second-order valence-corrected chi connectivity index (χ2v) is 7.32. The van der Waals surface area contributed by atoms with E-state index in [4.69, 9.17) is 9.84 Å². The summed E-state index contributed by atoms with van der Waals surface area (Å²) in [6.07, 6.45) is 6.69. The van der Waals surface area contributed by atoms with Crippen molar-refractivity contribution in [3.63, 3.8) is 0 Å². The molecule has 160 valence electrons. The first-order valence-electron chi connectivity index (χ1n) is 10.5. The molecule has 0 fully saturated rings. The van der Waals surface area contributed by atoms with Crippen molar-refractivity contribution >= 4 is 23.1 Å². The maximum Gasteiger partial charge on any atom is 0.303 e. The Morgan fingerprint density at radius 3 is 2.63 bits per heavy atom. The monoisotopic (exact) mass is 409 g/mol. The largest absolute Gasteiger partial charge is 0.491 e. The molecule has 0 radical (unpaired) electrons. The average molecular weight is 410 g/mol. The van der Waals surface area contributed by atoms with Gasteiger partial charge >= 0.3 is 5.97 Å². The van der Waals surface area contributed by atoms with Gasteiger partial charge in [-0.3, -0.25) is 9.59 Å². The van der Waals surface area contributed by atoms with Gasteiger partial charge in [-0.25, -0.2) is 0 Å². The zero-order chi connectivity index (χ0) is 21.8. The second-order valence-electron chi connectivity index (χ2n) is 7.32. The van der Waals surface area contributed by atoms with Gasteiger partial charge in [0.15, 0.2) is 0 Å². The van der Waals surface area contributed by atoms with E-state index in [-0.39, 0.29) is 18.9 Å². The Balaban J connectivity index is 2.00. The molecule has 30 heavy (non-hydrogen) atoms. The van der Waals surface area contributed by atoms with Crippen LogP contribution in [-0.2, 0) is 16.0 Å². The number of ether oxygens (including phenoxy) is 1. The molecule has 2 aromatic carbocycles. The Hall–Kier alpha value is -3.08. The molecule has 2 N–H and O–H groups in total. The quantitative estimate of drug-likeness (QED) is 0.348. The fourth-order valence-corrected chi connectivity index (χ4v) is 3.10. The Bertz CT molecular complexity index is 873. The van der Waals surface area contributed by atoms with Crippen LogP contribution in [0.5, 0.6) is 5.75 Å². The summed E-state index contributed by atoms with van der Waals surface area (Å²) in [4.78, 5) is 23.2. The van der Waals surface area contributed by atoms with Gasteiger partial charge in [-0.2, -0.15) is 0 Å². The number of carbonyl (C=O) groups excluding carboxylic acids is 1. The first-order valence-corrected chi connectivity index (χ1v) is 10.5. The normalized spacial score (nSPS) is 11.2.